The number of ether oxygens (including phenoxy) is 1. The summed E-state index contributed by atoms with van der Waals surface area (Å²) in [4.78, 5) is 8.49. The lowest BCUT2D eigenvalue weighted by atomic mass is 10.2. The molecule has 0 saturated carbocycles. The fourth-order valence-electron chi connectivity index (χ4n) is 1.93. The van der Waals surface area contributed by atoms with Gasteiger partial charge < -0.3 is 10.1 Å². The molecule has 0 amide bonds. The third-order valence-electron chi connectivity index (χ3n) is 2.94. The van der Waals surface area contributed by atoms with Crippen molar-refractivity contribution in [1.29, 1.82) is 0 Å². The van der Waals surface area contributed by atoms with Gasteiger partial charge in [-0.3, -0.25) is 4.98 Å². The van der Waals surface area contributed by atoms with Crippen LogP contribution in [-0.4, -0.2) is 16.5 Å². The van der Waals surface area contributed by atoms with Crippen LogP contribution >= 0.6 is 11.6 Å². The van der Waals surface area contributed by atoms with Crippen molar-refractivity contribution in [3.05, 3.63) is 46.9 Å². The lowest BCUT2D eigenvalue weighted by Gasteiger charge is -2.10. The van der Waals surface area contributed by atoms with Gasteiger partial charge in [-0.1, -0.05) is 25.4 Å². The molecule has 0 aliphatic carbocycles. The number of nitrogens with one attached hydrogen (secondary N) is 1. The van der Waals surface area contributed by atoms with Gasteiger partial charge in [-0.05, 0) is 31.0 Å². The number of pyridine rings is 2. The highest BCUT2D eigenvalue weighted by Gasteiger charge is 2.05. The average molecular weight is 306 g/mol. The Hall–Kier alpha value is -1.65. The Morgan fingerprint density at radius 2 is 2.05 bits per heavy atom. The van der Waals surface area contributed by atoms with Gasteiger partial charge in [0.1, 0.15) is 5.75 Å². The van der Waals surface area contributed by atoms with Crippen LogP contribution in [0.3, 0.4) is 0 Å². The van der Waals surface area contributed by atoms with Gasteiger partial charge in [-0.25, -0.2) is 4.98 Å². The Bertz CT molecular complexity index is 589. The van der Waals surface area contributed by atoms with E-state index in [0.717, 1.165) is 31.6 Å². The topological polar surface area (TPSA) is 47.0 Å². The van der Waals surface area contributed by atoms with Gasteiger partial charge in [0.25, 0.3) is 0 Å². The maximum Gasteiger partial charge on any atom is 0.219 e. The SMILES string of the molecule is CCCNCc1cc(CC)nc(Oc2cncc(Cl)c2)c1. The van der Waals surface area contributed by atoms with E-state index in [9.17, 15) is 0 Å². The number of nitrogens with zero attached hydrogens (tertiary/aromatic N) is 2. The molecule has 0 radical (unpaired) electrons. The van der Waals surface area contributed by atoms with Crippen molar-refractivity contribution < 1.29 is 4.74 Å². The van der Waals surface area contributed by atoms with Gasteiger partial charge in [0, 0.05) is 30.6 Å². The zero-order valence-corrected chi connectivity index (χ0v) is 13.2. The number of aryl methyl sites for hydroxylation is 1. The molecule has 0 aliphatic heterocycles. The molecule has 0 unspecified atom stereocenters. The predicted molar refractivity (Wildman–Crippen MR) is 84.9 cm³/mol. The highest BCUT2D eigenvalue weighted by atomic mass is 35.5. The number of hydrogen-bond donors (Lipinski definition) is 1. The van der Waals surface area contributed by atoms with Crippen molar-refractivity contribution in [1.82, 2.24) is 15.3 Å². The van der Waals surface area contributed by atoms with E-state index in [1.54, 1.807) is 18.5 Å². The predicted octanol–water partition coefficient (Wildman–Crippen LogP) is 3.98. The standard InChI is InChI=1S/C16H20ClN3O/c1-3-5-18-9-12-6-14(4-2)20-16(7-12)21-15-8-13(17)10-19-11-15/h6-8,10-11,18H,3-5,9H2,1-2H3. The Kier molecular flexibility index (Phi) is 5.96. The van der Waals surface area contributed by atoms with Crippen LogP contribution in [0.4, 0.5) is 0 Å². The summed E-state index contributed by atoms with van der Waals surface area (Å²) >= 11 is 5.91. The maximum atomic E-state index is 5.91. The summed E-state index contributed by atoms with van der Waals surface area (Å²) in [5.41, 5.74) is 2.18. The highest BCUT2D eigenvalue weighted by molar-refractivity contribution is 6.30. The maximum absolute atomic E-state index is 5.91. The van der Waals surface area contributed by atoms with Gasteiger partial charge in [0.15, 0.2) is 0 Å². The van der Waals surface area contributed by atoms with Crippen molar-refractivity contribution in [3.8, 4) is 11.6 Å². The molecular formula is C16H20ClN3O. The summed E-state index contributed by atoms with van der Waals surface area (Å²) in [6.07, 6.45) is 5.18. The van der Waals surface area contributed by atoms with Crippen LogP contribution in [0.1, 0.15) is 31.5 Å². The van der Waals surface area contributed by atoms with E-state index in [4.69, 9.17) is 16.3 Å². The van der Waals surface area contributed by atoms with Gasteiger partial charge in [0.05, 0.1) is 11.2 Å². The first-order valence-electron chi connectivity index (χ1n) is 7.20. The fraction of sp³-hybridized carbons (Fsp3) is 0.375. The number of rotatable bonds is 7. The first-order valence-corrected chi connectivity index (χ1v) is 7.58. The van der Waals surface area contributed by atoms with Crippen molar-refractivity contribution >= 4 is 11.6 Å². The fourth-order valence-corrected chi connectivity index (χ4v) is 2.10. The zero-order valence-electron chi connectivity index (χ0n) is 12.4. The lowest BCUT2D eigenvalue weighted by Crippen LogP contribution is -2.14. The van der Waals surface area contributed by atoms with Crippen LogP contribution in [0, 0.1) is 0 Å². The molecule has 2 aromatic rings. The van der Waals surface area contributed by atoms with Crippen LogP contribution in [0.25, 0.3) is 0 Å². The summed E-state index contributed by atoms with van der Waals surface area (Å²) in [5, 5.41) is 3.93. The summed E-state index contributed by atoms with van der Waals surface area (Å²) < 4.78 is 5.76. The minimum absolute atomic E-state index is 0.545. The summed E-state index contributed by atoms with van der Waals surface area (Å²) in [6.45, 7) is 6.04. The van der Waals surface area contributed by atoms with Gasteiger partial charge in [-0.15, -0.1) is 0 Å². The quantitative estimate of drug-likeness (QED) is 0.786. The minimum Gasteiger partial charge on any atom is -0.437 e. The molecule has 0 aromatic carbocycles. The number of halogens is 1. The van der Waals surface area contributed by atoms with Gasteiger partial charge in [-0.2, -0.15) is 0 Å². The molecule has 1 N–H and O–H groups in total. The summed E-state index contributed by atoms with van der Waals surface area (Å²) in [5.74, 6) is 1.17. The Morgan fingerprint density at radius 1 is 1.19 bits per heavy atom. The van der Waals surface area contributed by atoms with Gasteiger partial charge >= 0.3 is 0 Å². The molecule has 4 nitrogen and oxygen atoms in total. The summed E-state index contributed by atoms with van der Waals surface area (Å²) in [6, 6.07) is 5.78. The van der Waals surface area contributed by atoms with Crippen molar-refractivity contribution in [3.63, 3.8) is 0 Å². The second-order valence-corrected chi connectivity index (χ2v) is 5.21. The van der Waals surface area contributed by atoms with Crippen molar-refractivity contribution in [2.45, 2.75) is 33.2 Å². The Balaban J connectivity index is 2.15. The third-order valence-corrected chi connectivity index (χ3v) is 3.14. The first kappa shape index (κ1) is 15.7. The van der Waals surface area contributed by atoms with E-state index >= 15 is 0 Å². The normalized spacial score (nSPS) is 10.6. The van der Waals surface area contributed by atoms with E-state index in [-0.39, 0.29) is 0 Å². The molecule has 0 fully saturated rings. The van der Waals surface area contributed by atoms with Crippen LogP contribution < -0.4 is 10.1 Å². The van der Waals surface area contributed by atoms with Crippen LogP contribution in [0.5, 0.6) is 11.6 Å². The van der Waals surface area contributed by atoms with Crippen LogP contribution in [-0.2, 0) is 13.0 Å². The highest BCUT2D eigenvalue weighted by Crippen LogP contribution is 2.23. The molecule has 0 saturated heterocycles. The Morgan fingerprint density at radius 3 is 2.76 bits per heavy atom. The smallest absolute Gasteiger partial charge is 0.219 e. The zero-order chi connectivity index (χ0) is 15.1. The molecule has 0 bridgehead atoms. The van der Waals surface area contributed by atoms with Crippen LogP contribution in [0.2, 0.25) is 5.02 Å². The molecule has 5 heteroatoms. The monoisotopic (exact) mass is 305 g/mol. The van der Waals surface area contributed by atoms with E-state index in [1.807, 2.05) is 6.07 Å². The van der Waals surface area contributed by atoms with Crippen molar-refractivity contribution in [2.24, 2.45) is 0 Å². The molecular weight excluding hydrogens is 286 g/mol. The van der Waals surface area contributed by atoms with Crippen LogP contribution in [0.15, 0.2) is 30.6 Å². The molecule has 2 aromatic heterocycles. The van der Waals surface area contributed by atoms with E-state index in [0.29, 0.717) is 16.7 Å². The molecule has 0 aliphatic rings. The summed E-state index contributed by atoms with van der Waals surface area (Å²) in [7, 11) is 0. The second kappa shape index (κ2) is 7.96. The van der Waals surface area contributed by atoms with E-state index < -0.39 is 0 Å². The molecule has 2 rings (SSSR count). The molecule has 112 valence electrons. The lowest BCUT2D eigenvalue weighted by molar-refractivity contribution is 0.457. The molecule has 0 atom stereocenters. The van der Waals surface area contributed by atoms with Gasteiger partial charge in [0.2, 0.25) is 5.88 Å². The number of hydrogen-bond acceptors (Lipinski definition) is 4. The van der Waals surface area contributed by atoms with E-state index in [1.165, 1.54) is 5.56 Å². The third kappa shape index (κ3) is 4.99. The largest absolute Gasteiger partial charge is 0.437 e. The molecule has 2 heterocycles. The minimum atomic E-state index is 0.545. The van der Waals surface area contributed by atoms with E-state index in [2.05, 4.69) is 35.2 Å². The number of aromatic nitrogens is 2. The first-order chi connectivity index (χ1) is 10.2. The second-order valence-electron chi connectivity index (χ2n) is 4.78. The molecule has 0 spiro atoms. The average Bonchev–Trinajstić information content (AvgIpc) is 2.47. The van der Waals surface area contributed by atoms with Crippen molar-refractivity contribution in [2.75, 3.05) is 6.54 Å². The Labute approximate surface area is 130 Å². The molecule has 21 heavy (non-hydrogen) atoms.